The van der Waals surface area contributed by atoms with Crippen LogP contribution in [0.3, 0.4) is 0 Å². The number of aryl methyl sites for hydroxylation is 1. The number of ether oxygens (including phenoxy) is 2. The highest BCUT2D eigenvalue weighted by molar-refractivity contribution is 8.00. The van der Waals surface area contributed by atoms with Crippen LogP contribution in [0.15, 0.2) is 36.4 Å². The van der Waals surface area contributed by atoms with Crippen LogP contribution in [0, 0.1) is 18.3 Å². The first-order chi connectivity index (χ1) is 13.4. The first-order valence-electron chi connectivity index (χ1n) is 8.44. The lowest BCUT2D eigenvalue weighted by atomic mass is 10.2. The van der Waals surface area contributed by atoms with E-state index in [4.69, 9.17) is 26.3 Å². The van der Waals surface area contributed by atoms with Crippen LogP contribution in [0.4, 0.5) is 5.69 Å². The van der Waals surface area contributed by atoms with Gasteiger partial charge in [-0.3, -0.25) is 9.59 Å². The molecule has 6 nitrogen and oxygen atoms in total. The number of nitrogens with zero attached hydrogens (tertiary/aromatic N) is 1. The van der Waals surface area contributed by atoms with Crippen molar-refractivity contribution in [2.24, 2.45) is 0 Å². The van der Waals surface area contributed by atoms with Crippen molar-refractivity contribution in [2.45, 2.75) is 13.8 Å². The number of carbonyl (C=O) groups excluding carboxylic acids is 2. The molecule has 0 spiro atoms. The molecule has 0 fully saturated rings. The van der Waals surface area contributed by atoms with E-state index in [0.29, 0.717) is 17.9 Å². The van der Waals surface area contributed by atoms with Gasteiger partial charge >= 0.3 is 5.97 Å². The molecular formula is C20H19ClN2O4S. The van der Waals surface area contributed by atoms with E-state index >= 15 is 0 Å². The third kappa shape index (κ3) is 6.48. The second kappa shape index (κ2) is 10.6. The van der Waals surface area contributed by atoms with Gasteiger partial charge in [0.1, 0.15) is 0 Å². The largest absolute Gasteiger partial charge is 0.490 e. The Kier molecular flexibility index (Phi) is 8.18. The second-order valence-electron chi connectivity index (χ2n) is 5.71. The van der Waals surface area contributed by atoms with Crippen LogP contribution in [0.1, 0.15) is 18.1 Å². The average molecular weight is 419 g/mol. The molecular weight excluding hydrogens is 400 g/mol. The van der Waals surface area contributed by atoms with E-state index in [1.54, 1.807) is 6.92 Å². The van der Waals surface area contributed by atoms with E-state index in [0.717, 1.165) is 17.3 Å². The SMILES string of the molecule is CCOc1cc(C#N)cc(Cl)c1OC(=O)CSCC(=O)Nc1ccc(C)cc1. The minimum absolute atomic E-state index is 0.0385. The van der Waals surface area contributed by atoms with E-state index in [2.05, 4.69) is 5.32 Å². The zero-order chi connectivity index (χ0) is 20.5. The van der Waals surface area contributed by atoms with E-state index in [-0.39, 0.29) is 33.9 Å². The Morgan fingerprint density at radius 1 is 1.21 bits per heavy atom. The maximum absolute atomic E-state index is 12.1. The Labute approximate surface area is 172 Å². The Morgan fingerprint density at radius 2 is 1.93 bits per heavy atom. The molecule has 0 radical (unpaired) electrons. The number of benzene rings is 2. The van der Waals surface area contributed by atoms with Crippen molar-refractivity contribution in [1.82, 2.24) is 0 Å². The van der Waals surface area contributed by atoms with Crippen molar-refractivity contribution < 1.29 is 19.1 Å². The second-order valence-corrected chi connectivity index (χ2v) is 7.10. The fourth-order valence-electron chi connectivity index (χ4n) is 2.20. The number of thioether (sulfide) groups is 1. The summed E-state index contributed by atoms with van der Waals surface area (Å²) in [7, 11) is 0. The van der Waals surface area contributed by atoms with Crippen LogP contribution in [0.2, 0.25) is 5.02 Å². The summed E-state index contributed by atoms with van der Waals surface area (Å²) in [5, 5.41) is 11.9. The molecule has 0 heterocycles. The predicted molar refractivity (Wildman–Crippen MR) is 110 cm³/mol. The highest BCUT2D eigenvalue weighted by atomic mass is 35.5. The number of anilines is 1. The Hall–Kier alpha value is -2.69. The van der Waals surface area contributed by atoms with E-state index in [1.165, 1.54) is 12.1 Å². The fourth-order valence-corrected chi connectivity index (χ4v) is 3.03. The van der Waals surface area contributed by atoms with Gasteiger partial charge in [-0.05, 0) is 32.0 Å². The standard InChI is InChI=1S/C20H19ClN2O4S/c1-3-26-17-9-14(10-22)8-16(21)20(17)27-19(25)12-28-11-18(24)23-15-6-4-13(2)5-7-15/h4-9H,3,11-12H2,1-2H3,(H,23,24). The van der Waals surface area contributed by atoms with Crippen LogP contribution in [0.5, 0.6) is 11.5 Å². The van der Waals surface area contributed by atoms with Gasteiger partial charge in [0.2, 0.25) is 5.91 Å². The van der Waals surface area contributed by atoms with Crippen LogP contribution in [-0.4, -0.2) is 30.0 Å². The lowest BCUT2D eigenvalue weighted by Gasteiger charge is -2.12. The Bertz CT molecular complexity index is 894. The van der Waals surface area contributed by atoms with E-state index < -0.39 is 5.97 Å². The maximum Gasteiger partial charge on any atom is 0.321 e. The molecule has 0 saturated heterocycles. The quantitative estimate of drug-likeness (QED) is 0.510. The zero-order valence-corrected chi connectivity index (χ0v) is 17.0. The normalized spacial score (nSPS) is 10.1. The average Bonchev–Trinajstić information content (AvgIpc) is 2.66. The monoisotopic (exact) mass is 418 g/mol. The third-order valence-electron chi connectivity index (χ3n) is 3.44. The predicted octanol–water partition coefficient (Wildman–Crippen LogP) is 4.20. The highest BCUT2D eigenvalue weighted by Crippen LogP contribution is 2.36. The minimum atomic E-state index is -0.569. The number of hydrogen-bond acceptors (Lipinski definition) is 6. The molecule has 0 bridgehead atoms. The number of nitrogens with one attached hydrogen (secondary N) is 1. The summed E-state index contributed by atoms with van der Waals surface area (Å²) in [5.74, 6) is -0.431. The van der Waals surface area contributed by atoms with E-state index in [9.17, 15) is 9.59 Å². The minimum Gasteiger partial charge on any atom is -0.490 e. The summed E-state index contributed by atoms with van der Waals surface area (Å²) in [5.41, 5.74) is 2.10. The number of amides is 1. The van der Waals surface area contributed by atoms with Gasteiger partial charge in [-0.2, -0.15) is 5.26 Å². The van der Waals surface area contributed by atoms with Crippen LogP contribution in [0.25, 0.3) is 0 Å². The van der Waals surface area contributed by atoms with Gasteiger partial charge in [-0.25, -0.2) is 0 Å². The smallest absolute Gasteiger partial charge is 0.321 e. The molecule has 1 amide bonds. The number of esters is 1. The third-order valence-corrected chi connectivity index (χ3v) is 4.63. The number of carbonyl (C=O) groups is 2. The number of halogens is 1. The van der Waals surface area contributed by atoms with Gasteiger partial charge in [0.25, 0.3) is 0 Å². The molecule has 8 heteroatoms. The lowest BCUT2D eigenvalue weighted by Crippen LogP contribution is -2.17. The van der Waals surface area contributed by atoms with Crippen molar-refractivity contribution in [1.29, 1.82) is 5.26 Å². The molecule has 0 aliphatic carbocycles. The summed E-state index contributed by atoms with van der Waals surface area (Å²) in [6.45, 7) is 4.05. The van der Waals surface area contributed by atoms with Gasteiger partial charge in [0.15, 0.2) is 11.5 Å². The first kappa shape index (κ1) is 21.6. The maximum atomic E-state index is 12.1. The molecule has 0 aromatic heterocycles. The highest BCUT2D eigenvalue weighted by Gasteiger charge is 2.17. The topological polar surface area (TPSA) is 88.4 Å². The van der Waals surface area contributed by atoms with Gasteiger partial charge in [0, 0.05) is 11.8 Å². The van der Waals surface area contributed by atoms with E-state index in [1.807, 2.05) is 37.3 Å². The molecule has 2 rings (SSSR count). The van der Waals surface area contributed by atoms with Crippen molar-refractivity contribution in [3.63, 3.8) is 0 Å². The number of rotatable bonds is 8. The van der Waals surface area contributed by atoms with Crippen molar-refractivity contribution >= 4 is 40.9 Å². The molecule has 0 aliphatic rings. The van der Waals surface area contributed by atoms with Gasteiger partial charge in [0.05, 0.1) is 34.8 Å². The number of hydrogen-bond donors (Lipinski definition) is 1. The molecule has 28 heavy (non-hydrogen) atoms. The summed E-state index contributed by atoms with van der Waals surface area (Å²) in [6, 6.07) is 12.2. The number of nitriles is 1. The molecule has 1 N–H and O–H groups in total. The molecule has 146 valence electrons. The molecule has 0 atom stereocenters. The van der Waals surface area contributed by atoms with Crippen LogP contribution in [-0.2, 0) is 9.59 Å². The summed E-state index contributed by atoms with van der Waals surface area (Å²) in [4.78, 5) is 24.0. The lowest BCUT2D eigenvalue weighted by molar-refractivity contribution is -0.131. The van der Waals surface area contributed by atoms with Gasteiger partial charge in [-0.15, -0.1) is 11.8 Å². The zero-order valence-electron chi connectivity index (χ0n) is 15.5. The Morgan fingerprint density at radius 3 is 2.57 bits per heavy atom. The Balaban J connectivity index is 1.88. The van der Waals surface area contributed by atoms with Crippen LogP contribution >= 0.6 is 23.4 Å². The summed E-state index contributed by atoms with van der Waals surface area (Å²) >= 11 is 7.22. The van der Waals surface area contributed by atoms with Crippen molar-refractivity contribution in [2.75, 3.05) is 23.4 Å². The van der Waals surface area contributed by atoms with Gasteiger partial charge in [-0.1, -0.05) is 29.3 Å². The molecule has 0 unspecified atom stereocenters. The first-order valence-corrected chi connectivity index (χ1v) is 9.97. The van der Waals surface area contributed by atoms with Crippen LogP contribution < -0.4 is 14.8 Å². The van der Waals surface area contributed by atoms with Crippen molar-refractivity contribution in [3.05, 3.63) is 52.5 Å². The van der Waals surface area contributed by atoms with Gasteiger partial charge < -0.3 is 14.8 Å². The molecule has 2 aromatic carbocycles. The summed E-state index contributed by atoms with van der Waals surface area (Å²) in [6.07, 6.45) is 0. The summed E-state index contributed by atoms with van der Waals surface area (Å²) < 4.78 is 10.7. The van der Waals surface area contributed by atoms with Crippen molar-refractivity contribution in [3.8, 4) is 17.6 Å². The molecule has 0 aliphatic heterocycles. The fraction of sp³-hybridized carbons (Fsp3) is 0.250. The molecule has 0 saturated carbocycles. The molecule has 2 aromatic rings.